The van der Waals surface area contributed by atoms with Crippen LogP contribution in [0.25, 0.3) is 10.8 Å². The number of benzene rings is 3. The first kappa shape index (κ1) is 29.0. The van der Waals surface area contributed by atoms with Gasteiger partial charge in [0.25, 0.3) is 10.1 Å². The van der Waals surface area contributed by atoms with Crippen LogP contribution in [0.2, 0.25) is 0 Å². The van der Waals surface area contributed by atoms with Crippen molar-refractivity contribution in [3.63, 3.8) is 0 Å². The number of phenols is 1. The summed E-state index contributed by atoms with van der Waals surface area (Å²) in [6.45, 7) is -0.819. The molecule has 0 aliphatic rings. The van der Waals surface area contributed by atoms with Gasteiger partial charge in [0.2, 0.25) is 11.9 Å². The largest absolute Gasteiger partial charge is 0.507 e. The fourth-order valence-electron chi connectivity index (χ4n) is 3.39. The highest BCUT2D eigenvalue weighted by molar-refractivity contribution is 7.91. The second-order valence-corrected chi connectivity index (χ2v) is 12.6. The summed E-state index contributed by atoms with van der Waals surface area (Å²) in [4.78, 5) is 10.3. The van der Waals surface area contributed by atoms with Crippen LogP contribution < -0.4 is 10.6 Å². The minimum atomic E-state index is -4.81. The predicted molar refractivity (Wildman–Crippen MR) is 138 cm³/mol. The molecular formula is C21H18FN5O10S3. The van der Waals surface area contributed by atoms with E-state index in [4.69, 9.17) is 4.55 Å². The molecule has 3 aromatic carbocycles. The number of aromatic hydroxyl groups is 1. The van der Waals surface area contributed by atoms with E-state index in [2.05, 4.69) is 29.8 Å². The first-order valence-electron chi connectivity index (χ1n) is 10.7. The van der Waals surface area contributed by atoms with Gasteiger partial charge in [-0.25, -0.2) is 12.6 Å². The first-order valence-corrected chi connectivity index (χ1v) is 15.2. The average Bonchev–Trinajstić information content (AvgIpc) is 2.82. The second kappa shape index (κ2) is 10.9. The standard InChI is InChI=1S/C21H18FN5O10S3/c22-19-25-20(23-13-2-1-3-15(9-13)38(29,30)7-6-37-40(34,35)36)27-21(26-19)24-14-5-4-12-8-16(39(31,32)33)11-18(28)17(12)10-14/h1-5,8-11,28H,6-7H2,(H,31,32,33)(H,34,35,36)(H2,23,24,25,26,27). The molecule has 0 radical (unpaired) electrons. The molecule has 1 aromatic heterocycles. The number of hydrogen-bond acceptors (Lipinski definition) is 13. The zero-order chi connectivity index (χ0) is 29.3. The molecule has 19 heteroatoms. The monoisotopic (exact) mass is 615 g/mol. The highest BCUT2D eigenvalue weighted by Gasteiger charge is 2.18. The van der Waals surface area contributed by atoms with Gasteiger partial charge >= 0.3 is 16.5 Å². The molecule has 0 spiro atoms. The third kappa shape index (κ3) is 7.34. The van der Waals surface area contributed by atoms with Crippen LogP contribution in [-0.2, 0) is 34.5 Å². The van der Waals surface area contributed by atoms with Crippen LogP contribution >= 0.6 is 0 Å². The van der Waals surface area contributed by atoms with Crippen molar-refractivity contribution in [2.45, 2.75) is 9.79 Å². The lowest BCUT2D eigenvalue weighted by molar-refractivity contribution is 0.284. The fourth-order valence-corrected chi connectivity index (χ4v) is 5.46. The Morgan fingerprint density at radius 2 is 1.45 bits per heavy atom. The average molecular weight is 616 g/mol. The highest BCUT2D eigenvalue weighted by Crippen LogP contribution is 2.31. The van der Waals surface area contributed by atoms with E-state index < -0.39 is 59.4 Å². The zero-order valence-corrected chi connectivity index (χ0v) is 22.2. The molecule has 1 heterocycles. The van der Waals surface area contributed by atoms with Crippen molar-refractivity contribution in [2.24, 2.45) is 0 Å². The van der Waals surface area contributed by atoms with E-state index in [1.165, 1.54) is 36.4 Å². The molecule has 4 aromatic rings. The normalized spacial score (nSPS) is 12.4. The first-order chi connectivity index (χ1) is 18.6. The van der Waals surface area contributed by atoms with Crippen LogP contribution in [0, 0.1) is 6.08 Å². The Hall–Kier alpha value is -4.01. The molecule has 0 aliphatic heterocycles. The third-order valence-corrected chi connectivity index (χ3v) is 8.07. The number of aromatic nitrogens is 3. The molecule has 0 saturated heterocycles. The maximum Gasteiger partial charge on any atom is 0.397 e. The van der Waals surface area contributed by atoms with Crippen molar-refractivity contribution in [1.29, 1.82) is 0 Å². The fraction of sp³-hybridized carbons (Fsp3) is 0.0952. The molecule has 0 amide bonds. The van der Waals surface area contributed by atoms with Gasteiger partial charge in [0.05, 0.1) is 22.2 Å². The molecule has 0 atom stereocenters. The number of anilines is 4. The molecule has 5 N–H and O–H groups in total. The second-order valence-electron chi connectivity index (χ2n) is 7.95. The van der Waals surface area contributed by atoms with Crippen LogP contribution in [0.3, 0.4) is 0 Å². The molecule has 4 rings (SSSR count). The number of nitrogens with one attached hydrogen (secondary N) is 2. The smallest absolute Gasteiger partial charge is 0.397 e. The van der Waals surface area contributed by atoms with Crippen molar-refractivity contribution in [3.05, 3.63) is 60.7 Å². The molecular weight excluding hydrogens is 597 g/mol. The van der Waals surface area contributed by atoms with Gasteiger partial charge in [-0.15, -0.1) is 0 Å². The molecule has 15 nitrogen and oxygen atoms in total. The van der Waals surface area contributed by atoms with E-state index in [1.807, 2.05) is 0 Å². The van der Waals surface area contributed by atoms with Gasteiger partial charge in [-0.1, -0.05) is 12.1 Å². The lowest BCUT2D eigenvalue weighted by Crippen LogP contribution is -2.15. The molecule has 0 fully saturated rings. The Bertz CT molecular complexity index is 1940. The van der Waals surface area contributed by atoms with Gasteiger partial charge in [-0.2, -0.15) is 36.2 Å². The Balaban J connectivity index is 1.55. The van der Waals surface area contributed by atoms with Gasteiger partial charge in [0, 0.05) is 22.8 Å². The van der Waals surface area contributed by atoms with Crippen molar-refractivity contribution in [3.8, 4) is 5.75 Å². The summed E-state index contributed by atoms with van der Waals surface area (Å²) in [5.41, 5.74) is 0.387. The van der Waals surface area contributed by atoms with Gasteiger partial charge in [0.1, 0.15) is 5.75 Å². The summed E-state index contributed by atoms with van der Waals surface area (Å²) in [7, 11) is -13.4. The molecule has 0 saturated carbocycles. The van der Waals surface area contributed by atoms with Gasteiger partial charge < -0.3 is 15.7 Å². The van der Waals surface area contributed by atoms with Crippen LogP contribution in [0.15, 0.2) is 64.4 Å². The predicted octanol–water partition coefficient (Wildman–Crippen LogP) is 2.20. The van der Waals surface area contributed by atoms with Crippen molar-refractivity contribution >= 4 is 64.4 Å². The molecule has 0 aliphatic carbocycles. The number of rotatable bonds is 10. The Morgan fingerprint density at radius 1 is 0.800 bits per heavy atom. The number of halogens is 1. The van der Waals surface area contributed by atoms with Crippen molar-refractivity contribution in [1.82, 2.24) is 15.0 Å². The SMILES string of the molecule is O=S(=O)(O)OCCS(=O)(=O)c1cccc(Nc2nc(F)nc(Nc3ccc4cc(S(=O)(=O)O)cc(O)c4c3)n2)c1. The molecule has 0 bridgehead atoms. The maximum absolute atomic E-state index is 14.2. The number of hydrogen-bond donors (Lipinski definition) is 5. The highest BCUT2D eigenvalue weighted by atomic mass is 32.3. The number of sulfone groups is 1. The van der Waals surface area contributed by atoms with E-state index in [-0.39, 0.29) is 38.9 Å². The van der Waals surface area contributed by atoms with Crippen LogP contribution in [0.5, 0.6) is 5.75 Å². The topological polar surface area (TPSA) is 235 Å². The molecule has 212 valence electrons. The summed E-state index contributed by atoms with van der Waals surface area (Å²) in [5, 5.41) is 16.0. The van der Waals surface area contributed by atoms with E-state index >= 15 is 0 Å². The molecule has 40 heavy (non-hydrogen) atoms. The summed E-state index contributed by atoms with van der Waals surface area (Å²) < 4.78 is 105. The zero-order valence-electron chi connectivity index (χ0n) is 19.8. The summed E-state index contributed by atoms with van der Waals surface area (Å²) in [6, 6.07) is 11.4. The lowest BCUT2D eigenvalue weighted by Gasteiger charge is -2.11. The third-order valence-electron chi connectivity index (χ3n) is 5.10. The number of fused-ring (bicyclic) bond motifs is 1. The van der Waals surface area contributed by atoms with Gasteiger partial charge in [-0.05, 0) is 41.8 Å². The van der Waals surface area contributed by atoms with Gasteiger partial charge in [-0.3, -0.25) is 9.11 Å². The van der Waals surface area contributed by atoms with Crippen molar-refractivity contribution in [2.75, 3.05) is 23.0 Å². The van der Waals surface area contributed by atoms with E-state index in [0.29, 0.717) is 0 Å². The van der Waals surface area contributed by atoms with E-state index in [1.54, 1.807) is 0 Å². The Labute approximate surface area is 226 Å². The van der Waals surface area contributed by atoms with E-state index in [0.717, 1.165) is 18.2 Å². The number of phenolic OH excluding ortho intramolecular Hbond substituents is 1. The summed E-state index contributed by atoms with van der Waals surface area (Å²) >= 11 is 0. The summed E-state index contributed by atoms with van der Waals surface area (Å²) in [6.07, 6.45) is -1.20. The quantitative estimate of drug-likeness (QED) is 0.161. The summed E-state index contributed by atoms with van der Waals surface area (Å²) in [5.74, 6) is -1.81. The maximum atomic E-state index is 14.2. The van der Waals surface area contributed by atoms with Crippen molar-refractivity contribution < 1.29 is 48.0 Å². The Kier molecular flexibility index (Phi) is 7.87. The van der Waals surface area contributed by atoms with Gasteiger partial charge in [0.15, 0.2) is 9.84 Å². The lowest BCUT2D eigenvalue weighted by atomic mass is 10.1. The molecule has 0 unspecified atom stereocenters. The minimum Gasteiger partial charge on any atom is -0.507 e. The Morgan fingerprint density at radius 3 is 2.08 bits per heavy atom. The van der Waals surface area contributed by atoms with Crippen LogP contribution in [0.4, 0.5) is 27.7 Å². The van der Waals surface area contributed by atoms with Crippen LogP contribution in [-0.4, -0.2) is 66.8 Å². The van der Waals surface area contributed by atoms with Crippen LogP contribution in [0.1, 0.15) is 0 Å². The number of nitrogens with zero attached hydrogens (tertiary/aromatic N) is 3. The van der Waals surface area contributed by atoms with E-state index in [9.17, 15) is 39.3 Å². The minimum absolute atomic E-state index is 0.124.